The number of aliphatic hydroxyl groups is 17. The average molecular weight is 1190 g/mol. The van der Waals surface area contributed by atoms with Crippen LogP contribution in [0.1, 0.15) is 34.1 Å². The summed E-state index contributed by atoms with van der Waals surface area (Å²) < 4.78 is 64.5. The molecule has 6 aliphatic heterocycles. The number of aliphatic carboxylic acids is 1. The number of carboxylic acid groups (broad SMARTS) is 1. The molecular formula is C45H75N3O33. The fraction of sp³-hybridized carbons (Fsp3) is 0.911. The van der Waals surface area contributed by atoms with Crippen LogP contribution < -0.4 is 16.0 Å². The van der Waals surface area contributed by atoms with Gasteiger partial charge in [-0.15, -0.1) is 0 Å². The molecule has 6 rings (SSSR count). The highest BCUT2D eigenvalue weighted by atomic mass is 16.8. The molecule has 1 unspecified atom stereocenters. The molecule has 36 heteroatoms. The molecule has 31 atom stereocenters. The molecule has 0 bridgehead atoms. The molecular weight excluding hydrogens is 1110 g/mol. The van der Waals surface area contributed by atoms with E-state index in [9.17, 15) is 111 Å². The summed E-state index contributed by atoms with van der Waals surface area (Å²) in [5.74, 6) is -8.29. The first-order valence-electron chi connectivity index (χ1n) is 25.6. The van der Waals surface area contributed by atoms with Crippen LogP contribution in [0.2, 0.25) is 0 Å². The lowest BCUT2D eigenvalue weighted by Gasteiger charge is -2.53. The molecule has 21 N–H and O–H groups in total. The van der Waals surface area contributed by atoms with Crippen molar-refractivity contribution in [1.29, 1.82) is 0 Å². The van der Waals surface area contributed by atoms with E-state index >= 15 is 0 Å². The molecule has 6 fully saturated rings. The van der Waals surface area contributed by atoms with Gasteiger partial charge in [0.25, 0.3) is 5.79 Å². The fourth-order valence-corrected chi connectivity index (χ4v) is 10.3. The number of rotatable bonds is 21. The van der Waals surface area contributed by atoms with Gasteiger partial charge in [0.1, 0.15) is 134 Å². The molecule has 0 aromatic rings. The van der Waals surface area contributed by atoms with E-state index in [1.807, 2.05) is 0 Å². The smallest absolute Gasteiger partial charge is 0.364 e. The second kappa shape index (κ2) is 28.3. The van der Waals surface area contributed by atoms with Crippen molar-refractivity contribution in [3.63, 3.8) is 0 Å². The Morgan fingerprint density at radius 2 is 0.975 bits per heavy atom. The maximum absolute atomic E-state index is 13.6. The van der Waals surface area contributed by atoms with E-state index in [-0.39, 0.29) is 0 Å². The highest BCUT2D eigenvalue weighted by Crippen LogP contribution is 2.41. The van der Waals surface area contributed by atoms with Crippen LogP contribution in [-0.4, -0.2) is 338 Å². The SMILES string of the molecule is CC(=O)N[C@H]1[C@@H](O[C@@H]2[C@H](O[C@]3(C(=O)O)C[C@H](O)[C@@H](NC(C)=O)[C@H]([C@H](O)[C@H](O)CO)O3)[C@@H](O)[C@H](O[C@H]3[C@@H](O)[C@@H](CO)OC(O)[C@@H]3NC(C)=O)O[C@@H]2CO)O[C@H](CO)[C@H](O)[C@@H]1O[C@@H]1O[C@H](CO)[C@H](O)[C@H](O)[C@H]1O[C@@H]1O[C@@H](C)[C@@H](O)[C@@H](O)[C@@H]1O. The predicted octanol–water partition coefficient (Wildman–Crippen LogP) is -13.4. The highest BCUT2D eigenvalue weighted by molar-refractivity contribution is 5.77. The predicted molar refractivity (Wildman–Crippen MR) is 250 cm³/mol. The lowest BCUT2D eigenvalue weighted by molar-refractivity contribution is -0.402. The van der Waals surface area contributed by atoms with Crippen LogP contribution in [0, 0.1) is 0 Å². The number of aliphatic hydroxyl groups excluding tert-OH is 17. The maximum atomic E-state index is 13.6. The molecule has 0 aromatic heterocycles. The third kappa shape index (κ3) is 14.5. The number of ether oxygens (including phenoxy) is 11. The molecule has 468 valence electrons. The van der Waals surface area contributed by atoms with Crippen LogP contribution in [0.15, 0.2) is 0 Å². The van der Waals surface area contributed by atoms with Crippen LogP contribution in [0.3, 0.4) is 0 Å². The number of hydrogen-bond acceptors (Lipinski definition) is 32. The van der Waals surface area contributed by atoms with Crippen molar-refractivity contribution >= 4 is 23.7 Å². The van der Waals surface area contributed by atoms with Crippen LogP contribution in [-0.2, 0) is 71.3 Å². The van der Waals surface area contributed by atoms with Gasteiger partial charge in [-0.1, -0.05) is 0 Å². The van der Waals surface area contributed by atoms with E-state index in [1.165, 1.54) is 6.92 Å². The molecule has 81 heavy (non-hydrogen) atoms. The molecule has 0 aliphatic carbocycles. The molecule has 6 saturated heterocycles. The number of carbonyl (C=O) groups excluding carboxylic acids is 3. The summed E-state index contributed by atoms with van der Waals surface area (Å²) in [4.78, 5) is 51.4. The van der Waals surface area contributed by atoms with Crippen molar-refractivity contribution in [3.05, 3.63) is 0 Å². The molecule has 6 heterocycles. The normalized spacial score (nSPS) is 46.7. The molecule has 36 nitrogen and oxygen atoms in total. The van der Waals surface area contributed by atoms with Gasteiger partial charge in [-0.3, -0.25) is 14.4 Å². The standard InChI is InChI=1S/C45H75N3O33/c1-11-24(59)29(64)31(66)41(71-11)79-38-30(65)26(61)17(7-50)74-43(38)78-35-23(48-14(4)56)40(73-19(9-52)28(35)63)76-33-20(10-53)75-42(77-34-22(47-13(3)55)39(68)72-18(8-51)27(34)62)32(67)37(33)81-45(44(69)70)5-15(57)21(46-12(2)54)36(80-45)25(60)16(58)6-49/h11,15-43,49-53,57-68H,5-10H2,1-4H3,(H,46,54)(H,47,55)(H,48,56)(H,69,70)/t11-,15-,16+,17+,18+,19+,20+,21+,22+,23+,24+,25+,26-,27-,28-,29+,30-,31-,32+,33-,34+,35+,36+,37+,38+,39?,40+,41-,42-,43-,45-/m0/s1. The van der Waals surface area contributed by atoms with Crippen LogP contribution >= 0.6 is 0 Å². The Balaban J connectivity index is 1.45. The molecule has 0 radical (unpaired) electrons. The first-order valence-corrected chi connectivity index (χ1v) is 25.6. The van der Waals surface area contributed by atoms with Gasteiger partial charge in [-0.05, 0) is 6.92 Å². The Kier molecular flexibility index (Phi) is 23.4. The van der Waals surface area contributed by atoms with E-state index < -0.39 is 253 Å². The van der Waals surface area contributed by atoms with Crippen molar-refractivity contribution in [2.24, 2.45) is 0 Å². The summed E-state index contributed by atoms with van der Waals surface area (Å²) in [6.45, 7) is -1.51. The van der Waals surface area contributed by atoms with E-state index in [0.717, 1.165) is 20.8 Å². The second-order valence-electron chi connectivity index (χ2n) is 20.4. The zero-order chi connectivity index (χ0) is 60.3. The van der Waals surface area contributed by atoms with E-state index in [2.05, 4.69) is 16.0 Å². The summed E-state index contributed by atoms with van der Waals surface area (Å²) in [7, 11) is 0. The van der Waals surface area contributed by atoms with Crippen molar-refractivity contribution in [2.75, 3.05) is 33.0 Å². The van der Waals surface area contributed by atoms with Crippen molar-refractivity contribution in [1.82, 2.24) is 16.0 Å². The summed E-state index contributed by atoms with van der Waals surface area (Å²) in [5, 5.41) is 203. The number of carbonyl (C=O) groups is 4. The minimum absolute atomic E-state index is 0.849. The molecule has 6 aliphatic rings. The van der Waals surface area contributed by atoms with Gasteiger partial charge in [0, 0.05) is 27.2 Å². The highest BCUT2D eigenvalue weighted by Gasteiger charge is 2.62. The van der Waals surface area contributed by atoms with Crippen molar-refractivity contribution in [2.45, 2.75) is 224 Å². The van der Waals surface area contributed by atoms with E-state index in [1.54, 1.807) is 0 Å². The summed E-state index contributed by atoms with van der Waals surface area (Å²) >= 11 is 0. The van der Waals surface area contributed by atoms with Gasteiger partial charge in [0.2, 0.25) is 17.7 Å². The third-order valence-electron chi connectivity index (χ3n) is 14.6. The quantitative estimate of drug-likeness (QED) is 0.0507. The lowest BCUT2D eigenvalue weighted by atomic mass is 9.88. The zero-order valence-electron chi connectivity index (χ0n) is 43.7. The Bertz CT molecular complexity index is 2080. The Morgan fingerprint density at radius 3 is 1.53 bits per heavy atom. The number of nitrogens with one attached hydrogen (secondary N) is 3. The van der Waals surface area contributed by atoms with Gasteiger partial charge in [-0.25, -0.2) is 4.79 Å². The zero-order valence-corrected chi connectivity index (χ0v) is 43.7. The van der Waals surface area contributed by atoms with Gasteiger partial charge in [-0.2, -0.15) is 0 Å². The van der Waals surface area contributed by atoms with Gasteiger partial charge in [0.15, 0.2) is 31.5 Å². The topological polar surface area (TPSA) is 570 Å². The number of amides is 3. The summed E-state index contributed by atoms with van der Waals surface area (Å²) in [6, 6.07) is -5.52. The molecule has 0 aromatic carbocycles. The van der Waals surface area contributed by atoms with Crippen LogP contribution in [0.5, 0.6) is 0 Å². The maximum Gasteiger partial charge on any atom is 0.364 e. The van der Waals surface area contributed by atoms with Gasteiger partial charge >= 0.3 is 5.97 Å². The fourth-order valence-electron chi connectivity index (χ4n) is 10.3. The Hall–Kier alpha value is -3.24. The largest absolute Gasteiger partial charge is 0.477 e. The van der Waals surface area contributed by atoms with Crippen LogP contribution in [0.4, 0.5) is 0 Å². The van der Waals surface area contributed by atoms with E-state index in [0.29, 0.717) is 0 Å². The number of carboxylic acids is 1. The van der Waals surface area contributed by atoms with Gasteiger partial charge in [0.05, 0.1) is 51.3 Å². The minimum Gasteiger partial charge on any atom is -0.477 e. The average Bonchev–Trinajstić information content (AvgIpc) is 3.62. The third-order valence-corrected chi connectivity index (χ3v) is 14.6. The van der Waals surface area contributed by atoms with Crippen molar-refractivity contribution in [3.8, 4) is 0 Å². The summed E-state index contributed by atoms with van der Waals surface area (Å²) in [5.41, 5.74) is 0. The molecule has 0 spiro atoms. The molecule has 0 saturated carbocycles. The van der Waals surface area contributed by atoms with E-state index in [4.69, 9.17) is 52.1 Å². The first kappa shape index (κ1) is 66.9. The Labute approximate surface area is 459 Å². The second-order valence-corrected chi connectivity index (χ2v) is 20.4. The summed E-state index contributed by atoms with van der Waals surface area (Å²) in [6.07, 6.45) is -56.8. The van der Waals surface area contributed by atoms with Crippen LogP contribution in [0.25, 0.3) is 0 Å². The minimum atomic E-state index is -3.40. The lowest BCUT2D eigenvalue weighted by Crippen LogP contribution is -2.72. The number of hydrogen-bond donors (Lipinski definition) is 21. The Morgan fingerprint density at radius 1 is 0.506 bits per heavy atom. The van der Waals surface area contributed by atoms with Crippen molar-refractivity contribution < 1.29 is 163 Å². The van der Waals surface area contributed by atoms with Gasteiger partial charge < -0.3 is 160 Å². The monoisotopic (exact) mass is 1190 g/mol. The molecule has 3 amide bonds. The first-order chi connectivity index (χ1) is 38.1.